The molecule has 1 N–H and O–H groups in total. The van der Waals surface area contributed by atoms with E-state index in [2.05, 4.69) is 5.32 Å². The first-order chi connectivity index (χ1) is 15.3. The van der Waals surface area contributed by atoms with Crippen molar-refractivity contribution < 1.29 is 19.1 Å². The molecule has 0 aliphatic heterocycles. The number of aryl methyl sites for hydroxylation is 1. The number of carbonyl (C=O) groups is 2. The second kappa shape index (κ2) is 12.7. The van der Waals surface area contributed by atoms with Gasteiger partial charge in [-0.25, -0.2) is 0 Å². The van der Waals surface area contributed by atoms with Gasteiger partial charge in [0.2, 0.25) is 11.8 Å². The number of ether oxygens (including phenoxy) is 2. The molecule has 2 amide bonds. The van der Waals surface area contributed by atoms with Crippen LogP contribution in [0.3, 0.4) is 0 Å². The van der Waals surface area contributed by atoms with Gasteiger partial charge in [-0.1, -0.05) is 43.7 Å². The molecule has 1 atom stereocenters. The lowest BCUT2D eigenvalue weighted by atomic mass is 10.1. The molecule has 32 heavy (non-hydrogen) atoms. The quantitative estimate of drug-likeness (QED) is 0.498. The van der Waals surface area contributed by atoms with Gasteiger partial charge in [0.1, 0.15) is 17.5 Å². The van der Waals surface area contributed by atoms with E-state index >= 15 is 0 Å². The van der Waals surface area contributed by atoms with Crippen LogP contribution in [0.25, 0.3) is 0 Å². The standard InChI is InChI=1S/C26H36N2O4/c1-19(2)17-27-26(30)21(4)28(18-22-8-6-9-24(16-22)31-5)25(29)10-7-15-32-23-13-11-20(3)12-14-23/h6,8-9,11-14,16,19,21H,7,10,15,17-18H2,1-5H3,(H,27,30). The molecule has 2 aromatic carbocycles. The largest absolute Gasteiger partial charge is 0.497 e. The first-order valence-corrected chi connectivity index (χ1v) is 11.2. The molecule has 0 aliphatic carbocycles. The first kappa shape index (κ1) is 25.2. The van der Waals surface area contributed by atoms with Crippen molar-refractivity contribution in [2.45, 2.75) is 53.1 Å². The zero-order valence-electron chi connectivity index (χ0n) is 19.9. The second-order valence-corrected chi connectivity index (χ2v) is 8.45. The Balaban J connectivity index is 2.01. The average Bonchev–Trinajstić information content (AvgIpc) is 2.79. The molecule has 0 saturated carbocycles. The molecule has 0 fully saturated rings. The van der Waals surface area contributed by atoms with Crippen molar-refractivity contribution >= 4 is 11.8 Å². The van der Waals surface area contributed by atoms with Gasteiger partial charge in [-0.3, -0.25) is 9.59 Å². The van der Waals surface area contributed by atoms with E-state index in [0.717, 1.165) is 17.1 Å². The minimum absolute atomic E-state index is 0.0764. The topological polar surface area (TPSA) is 67.9 Å². The number of methoxy groups -OCH3 is 1. The van der Waals surface area contributed by atoms with Crippen LogP contribution >= 0.6 is 0 Å². The van der Waals surface area contributed by atoms with Crippen molar-refractivity contribution in [3.8, 4) is 11.5 Å². The molecule has 1 unspecified atom stereocenters. The predicted octanol–water partition coefficient (Wildman–Crippen LogP) is 4.35. The Morgan fingerprint density at radius 2 is 1.75 bits per heavy atom. The fraction of sp³-hybridized carbons (Fsp3) is 0.462. The number of hydrogen-bond acceptors (Lipinski definition) is 4. The Kier molecular flexibility index (Phi) is 10.1. The molecular formula is C26H36N2O4. The summed E-state index contributed by atoms with van der Waals surface area (Å²) in [5, 5.41) is 2.94. The van der Waals surface area contributed by atoms with Gasteiger partial charge in [-0.15, -0.1) is 0 Å². The molecule has 6 nitrogen and oxygen atoms in total. The van der Waals surface area contributed by atoms with Gasteiger partial charge in [-0.2, -0.15) is 0 Å². The Morgan fingerprint density at radius 1 is 1.03 bits per heavy atom. The summed E-state index contributed by atoms with van der Waals surface area (Å²) >= 11 is 0. The van der Waals surface area contributed by atoms with Crippen molar-refractivity contribution in [2.75, 3.05) is 20.3 Å². The molecule has 2 rings (SSSR count). The number of amides is 2. The van der Waals surface area contributed by atoms with Gasteiger partial charge in [0.15, 0.2) is 0 Å². The molecule has 0 spiro atoms. The van der Waals surface area contributed by atoms with E-state index in [1.807, 2.05) is 69.3 Å². The lowest BCUT2D eigenvalue weighted by molar-refractivity contribution is -0.140. The zero-order chi connectivity index (χ0) is 23.5. The smallest absolute Gasteiger partial charge is 0.242 e. The molecule has 2 aromatic rings. The van der Waals surface area contributed by atoms with Crippen molar-refractivity contribution in [1.82, 2.24) is 10.2 Å². The van der Waals surface area contributed by atoms with Crippen LogP contribution in [0.15, 0.2) is 48.5 Å². The summed E-state index contributed by atoms with van der Waals surface area (Å²) in [4.78, 5) is 27.4. The van der Waals surface area contributed by atoms with E-state index in [-0.39, 0.29) is 11.8 Å². The maximum atomic E-state index is 13.1. The van der Waals surface area contributed by atoms with Gasteiger partial charge < -0.3 is 19.7 Å². The van der Waals surface area contributed by atoms with Crippen LogP contribution in [-0.4, -0.2) is 43.0 Å². The summed E-state index contributed by atoms with van der Waals surface area (Å²) in [6.45, 7) is 9.24. The highest BCUT2D eigenvalue weighted by atomic mass is 16.5. The minimum Gasteiger partial charge on any atom is -0.497 e. The van der Waals surface area contributed by atoms with Gasteiger partial charge in [-0.05, 0) is 56.0 Å². The Morgan fingerprint density at radius 3 is 2.41 bits per heavy atom. The summed E-state index contributed by atoms with van der Waals surface area (Å²) in [5.41, 5.74) is 2.09. The van der Waals surface area contributed by atoms with Crippen molar-refractivity contribution in [1.29, 1.82) is 0 Å². The lowest BCUT2D eigenvalue weighted by Crippen LogP contribution is -2.48. The predicted molar refractivity (Wildman–Crippen MR) is 127 cm³/mol. The third-order valence-electron chi connectivity index (χ3n) is 5.16. The molecule has 0 aliphatic rings. The van der Waals surface area contributed by atoms with Gasteiger partial charge in [0.05, 0.1) is 13.7 Å². The van der Waals surface area contributed by atoms with E-state index in [0.29, 0.717) is 38.5 Å². The summed E-state index contributed by atoms with van der Waals surface area (Å²) < 4.78 is 11.0. The highest BCUT2D eigenvalue weighted by Gasteiger charge is 2.26. The molecule has 6 heteroatoms. The Hall–Kier alpha value is -3.02. The molecule has 0 bridgehead atoms. The summed E-state index contributed by atoms with van der Waals surface area (Å²) in [6, 6.07) is 14.8. The number of benzene rings is 2. The zero-order valence-corrected chi connectivity index (χ0v) is 19.9. The maximum Gasteiger partial charge on any atom is 0.242 e. The van der Waals surface area contributed by atoms with E-state index in [1.54, 1.807) is 18.9 Å². The summed E-state index contributed by atoms with van der Waals surface area (Å²) in [6.07, 6.45) is 0.874. The van der Waals surface area contributed by atoms with Crippen molar-refractivity contribution in [3.63, 3.8) is 0 Å². The molecule has 0 radical (unpaired) electrons. The van der Waals surface area contributed by atoms with Crippen LogP contribution in [0.5, 0.6) is 11.5 Å². The molecule has 0 saturated heterocycles. The third kappa shape index (κ3) is 8.25. The number of carbonyl (C=O) groups excluding carboxylic acids is 2. The van der Waals surface area contributed by atoms with E-state index in [4.69, 9.17) is 9.47 Å². The Bertz CT molecular complexity index is 864. The average molecular weight is 441 g/mol. The molecule has 0 aromatic heterocycles. The fourth-order valence-electron chi connectivity index (χ4n) is 3.19. The van der Waals surface area contributed by atoms with Crippen LogP contribution < -0.4 is 14.8 Å². The molecular weight excluding hydrogens is 404 g/mol. The summed E-state index contributed by atoms with van der Waals surface area (Å²) in [5.74, 6) is 1.63. The number of nitrogens with zero attached hydrogens (tertiary/aromatic N) is 1. The fourth-order valence-corrected chi connectivity index (χ4v) is 3.19. The van der Waals surface area contributed by atoms with Crippen LogP contribution in [0.4, 0.5) is 0 Å². The highest BCUT2D eigenvalue weighted by molar-refractivity contribution is 5.87. The van der Waals surface area contributed by atoms with Crippen LogP contribution in [-0.2, 0) is 16.1 Å². The van der Waals surface area contributed by atoms with E-state index in [9.17, 15) is 9.59 Å². The SMILES string of the molecule is COc1cccc(CN(C(=O)CCCOc2ccc(C)cc2)C(C)C(=O)NCC(C)C)c1. The first-order valence-electron chi connectivity index (χ1n) is 11.2. The molecule has 174 valence electrons. The minimum atomic E-state index is -0.578. The normalized spacial score (nSPS) is 11.7. The molecule has 0 heterocycles. The van der Waals surface area contributed by atoms with Gasteiger partial charge in [0, 0.05) is 19.5 Å². The number of hydrogen-bond donors (Lipinski definition) is 1. The number of nitrogens with one attached hydrogen (secondary N) is 1. The Labute approximate surface area is 191 Å². The summed E-state index contributed by atoms with van der Waals surface area (Å²) in [7, 11) is 1.61. The van der Waals surface area contributed by atoms with Crippen LogP contribution in [0, 0.1) is 12.8 Å². The van der Waals surface area contributed by atoms with Gasteiger partial charge in [0.25, 0.3) is 0 Å². The second-order valence-electron chi connectivity index (χ2n) is 8.45. The lowest BCUT2D eigenvalue weighted by Gasteiger charge is -2.29. The maximum absolute atomic E-state index is 13.1. The van der Waals surface area contributed by atoms with Crippen molar-refractivity contribution in [2.24, 2.45) is 5.92 Å². The number of rotatable bonds is 12. The van der Waals surface area contributed by atoms with E-state index < -0.39 is 6.04 Å². The highest BCUT2D eigenvalue weighted by Crippen LogP contribution is 2.17. The van der Waals surface area contributed by atoms with Crippen LogP contribution in [0.1, 0.15) is 44.7 Å². The third-order valence-corrected chi connectivity index (χ3v) is 5.16. The van der Waals surface area contributed by atoms with E-state index in [1.165, 1.54) is 5.56 Å². The van der Waals surface area contributed by atoms with Crippen LogP contribution in [0.2, 0.25) is 0 Å². The van der Waals surface area contributed by atoms with Crippen molar-refractivity contribution in [3.05, 3.63) is 59.7 Å². The van der Waals surface area contributed by atoms with Gasteiger partial charge >= 0.3 is 0 Å². The monoisotopic (exact) mass is 440 g/mol.